The topological polar surface area (TPSA) is 68.4 Å². The van der Waals surface area contributed by atoms with E-state index in [0.717, 1.165) is 25.2 Å². The fourth-order valence-corrected chi connectivity index (χ4v) is 3.94. The second-order valence-electron chi connectivity index (χ2n) is 5.59. The number of aromatic nitrogens is 1. The zero-order valence-corrected chi connectivity index (χ0v) is 13.2. The lowest BCUT2D eigenvalue weighted by Crippen LogP contribution is -2.32. The molecule has 0 saturated carbocycles. The highest BCUT2D eigenvalue weighted by Crippen LogP contribution is 2.20. The van der Waals surface area contributed by atoms with E-state index in [1.165, 1.54) is 4.31 Å². The van der Waals surface area contributed by atoms with E-state index in [0.29, 0.717) is 23.9 Å². The van der Waals surface area contributed by atoms with Crippen LogP contribution in [-0.4, -0.2) is 63.4 Å². The SMILES string of the molecule is CNCc1cc(S(=O)(=O)N(C)CC2CCN(C)C2)c[nH]1. The van der Waals surface area contributed by atoms with Crippen LogP contribution in [0.25, 0.3) is 0 Å². The average Bonchev–Trinajstić information content (AvgIpc) is 2.99. The van der Waals surface area contributed by atoms with Gasteiger partial charge in [-0.2, -0.15) is 0 Å². The molecule has 2 N–H and O–H groups in total. The molecule has 1 aromatic rings. The molecule has 7 heteroatoms. The van der Waals surface area contributed by atoms with E-state index in [1.807, 2.05) is 7.05 Å². The van der Waals surface area contributed by atoms with Crippen LogP contribution in [0.15, 0.2) is 17.2 Å². The third-order valence-electron chi connectivity index (χ3n) is 3.80. The number of sulfonamides is 1. The van der Waals surface area contributed by atoms with Gasteiger partial charge in [0.05, 0.1) is 4.90 Å². The Morgan fingerprint density at radius 2 is 2.30 bits per heavy atom. The number of hydrogen-bond donors (Lipinski definition) is 2. The maximum Gasteiger partial charge on any atom is 0.244 e. The third-order valence-corrected chi connectivity index (χ3v) is 5.60. The first-order valence-electron chi connectivity index (χ1n) is 6.90. The first kappa shape index (κ1) is 15.5. The summed E-state index contributed by atoms with van der Waals surface area (Å²) in [6.45, 7) is 3.24. The van der Waals surface area contributed by atoms with Gasteiger partial charge in [-0.15, -0.1) is 0 Å². The Labute approximate surface area is 121 Å². The summed E-state index contributed by atoms with van der Waals surface area (Å²) in [5.41, 5.74) is 0.875. The zero-order chi connectivity index (χ0) is 14.8. The van der Waals surface area contributed by atoms with Gasteiger partial charge >= 0.3 is 0 Å². The third kappa shape index (κ3) is 3.41. The quantitative estimate of drug-likeness (QED) is 0.793. The molecule has 0 amide bonds. The number of nitrogens with one attached hydrogen (secondary N) is 2. The van der Waals surface area contributed by atoms with Crippen molar-refractivity contribution in [3.05, 3.63) is 18.0 Å². The lowest BCUT2D eigenvalue weighted by atomic mass is 10.1. The fraction of sp³-hybridized carbons (Fsp3) is 0.692. The first-order valence-corrected chi connectivity index (χ1v) is 8.34. The molecule has 0 radical (unpaired) electrons. The molecule has 114 valence electrons. The van der Waals surface area contributed by atoms with Crippen LogP contribution in [0, 0.1) is 5.92 Å². The Morgan fingerprint density at radius 3 is 2.90 bits per heavy atom. The summed E-state index contributed by atoms with van der Waals surface area (Å²) in [6, 6.07) is 1.70. The average molecular weight is 300 g/mol. The standard InChI is InChI=1S/C13H24N4O2S/c1-14-7-12-6-13(8-15-12)20(18,19)17(3)10-11-4-5-16(2)9-11/h6,8,11,14-15H,4-5,7,9-10H2,1-3H3. The monoisotopic (exact) mass is 300 g/mol. The molecule has 1 aliphatic rings. The van der Waals surface area contributed by atoms with E-state index in [-0.39, 0.29) is 0 Å². The maximum absolute atomic E-state index is 12.5. The minimum atomic E-state index is -3.39. The van der Waals surface area contributed by atoms with E-state index in [1.54, 1.807) is 19.3 Å². The van der Waals surface area contributed by atoms with Crippen LogP contribution in [-0.2, 0) is 16.6 Å². The van der Waals surface area contributed by atoms with Crippen molar-refractivity contribution in [2.24, 2.45) is 5.92 Å². The minimum absolute atomic E-state index is 0.344. The molecular weight excluding hydrogens is 276 g/mol. The molecule has 0 spiro atoms. The predicted octanol–water partition coefficient (Wildman–Crippen LogP) is 0.306. The highest BCUT2D eigenvalue weighted by atomic mass is 32.2. The molecule has 0 aliphatic carbocycles. The highest BCUT2D eigenvalue weighted by Gasteiger charge is 2.27. The Bertz CT molecular complexity index is 540. The number of nitrogens with zero attached hydrogens (tertiary/aromatic N) is 2. The molecule has 0 bridgehead atoms. The van der Waals surface area contributed by atoms with Crippen LogP contribution in [0.5, 0.6) is 0 Å². The van der Waals surface area contributed by atoms with Gasteiger partial charge in [-0.3, -0.25) is 0 Å². The van der Waals surface area contributed by atoms with Gasteiger partial charge in [-0.1, -0.05) is 0 Å². The van der Waals surface area contributed by atoms with Crippen molar-refractivity contribution in [3.8, 4) is 0 Å². The van der Waals surface area contributed by atoms with Gasteiger partial charge in [0, 0.05) is 38.6 Å². The van der Waals surface area contributed by atoms with Gasteiger partial charge in [0.2, 0.25) is 10.0 Å². The van der Waals surface area contributed by atoms with Crippen molar-refractivity contribution in [1.82, 2.24) is 19.5 Å². The van der Waals surface area contributed by atoms with Gasteiger partial charge in [0.25, 0.3) is 0 Å². The van der Waals surface area contributed by atoms with E-state index >= 15 is 0 Å². The maximum atomic E-state index is 12.5. The van der Waals surface area contributed by atoms with Crippen molar-refractivity contribution in [2.45, 2.75) is 17.9 Å². The van der Waals surface area contributed by atoms with Crippen LogP contribution >= 0.6 is 0 Å². The molecule has 1 fully saturated rings. The number of aromatic amines is 1. The Hall–Kier alpha value is -0.890. The summed E-state index contributed by atoms with van der Waals surface area (Å²) in [7, 11) is 2.18. The molecule has 0 aromatic carbocycles. The van der Waals surface area contributed by atoms with Crippen LogP contribution in [0.3, 0.4) is 0 Å². The van der Waals surface area contributed by atoms with Gasteiger partial charge < -0.3 is 15.2 Å². The minimum Gasteiger partial charge on any atom is -0.363 e. The fourth-order valence-electron chi connectivity index (χ4n) is 2.68. The summed E-state index contributed by atoms with van der Waals surface area (Å²) >= 11 is 0. The van der Waals surface area contributed by atoms with Gasteiger partial charge in [0.1, 0.15) is 0 Å². The van der Waals surface area contributed by atoms with Crippen molar-refractivity contribution in [1.29, 1.82) is 0 Å². The van der Waals surface area contributed by atoms with E-state index in [9.17, 15) is 8.42 Å². The van der Waals surface area contributed by atoms with Gasteiger partial charge in [-0.05, 0) is 39.0 Å². The van der Waals surface area contributed by atoms with Gasteiger partial charge in [-0.25, -0.2) is 12.7 Å². The molecule has 1 aromatic heterocycles. The molecule has 6 nitrogen and oxygen atoms in total. The van der Waals surface area contributed by atoms with Crippen LogP contribution in [0.1, 0.15) is 12.1 Å². The molecule has 2 rings (SSSR count). The van der Waals surface area contributed by atoms with Crippen molar-refractivity contribution < 1.29 is 8.42 Å². The summed E-state index contributed by atoms with van der Waals surface area (Å²) in [5.74, 6) is 0.426. The Balaban J connectivity index is 2.04. The van der Waals surface area contributed by atoms with Crippen molar-refractivity contribution in [3.63, 3.8) is 0 Å². The number of H-pyrrole nitrogens is 1. The van der Waals surface area contributed by atoms with Gasteiger partial charge in [0.15, 0.2) is 0 Å². The number of hydrogen-bond acceptors (Lipinski definition) is 4. The second kappa shape index (κ2) is 6.26. The van der Waals surface area contributed by atoms with Crippen molar-refractivity contribution >= 4 is 10.0 Å². The smallest absolute Gasteiger partial charge is 0.244 e. The molecule has 1 unspecified atom stereocenters. The molecule has 1 atom stereocenters. The molecular formula is C13H24N4O2S. The number of likely N-dealkylation sites (tertiary alicyclic amines) is 1. The van der Waals surface area contributed by atoms with E-state index in [2.05, 4.69) is 22.2 Å². The molecule has 1 saturated heterocycles. The normalized spacial score (nSPS) is 20.9. The molecule has 20 heavy (non-hydrogen) atoms. The van der Waals surface area contributed by atoms with Crippen molar-refractivity contribution in [2.75, 3.05) is 40.8 Å². The Morgan fingerprint density at radius 1 is 1.55 bits per heavy atom. The summed E-state index contributed by atoms with van der Waals surface area (Å²) in [6.07, 6.45) is 2.63. The van der Waals surface area contributed by atoms with E-state index in [4.69, 9.17) is 0 Å². The summed E-state index contributed by atoms with van der Waals surface area (Å²) in [4.78, 5) is 5.58. The van der Waals surface area contributed by atoms with Crippen LogP contribution in [0.4, 0.5) is 0 Å². The molecule has 1 aliphatic heterocycles. The summed E-state index contributed by atoms with van der Waals surface area (Å²) in [5, 5.41) is 3.00. The van der Waals surface area contributed by atoms with Crippen LogP contribution in [0.2, 0.25) is 0 Å². The summed E-state index contributed by atoms with van der Waals surface area (Å²) < 4.78 is 26.5. The largest absolute Gasteiger partial charge is 0.363 e. The van der Waals surface area contributed by atoms with Crippen LogP contribution < -0.4 is 5.32 Å². The first-order chi connectivity index (χ1) is 9.43. The predicted molar refractivity (Wildman–Crippen MR) is 79.0 cm³/mol. The van der Waals surface area contributed by atoms with E-state index < -0.39 is 10.0 Å². The number of rotatable bonds is 6. The lowest BCUT2D eigenvalue weighted by molar-refractivity contribution is 0.357. The zero-order valence-electron chi connectivity index (χ0n) is 12.4. The molecule has 2 heterocycles. The lowest BCUT2D eigenvalue weighted by Gasteiger charge is -2.20. The second-order valence-corrected chi connectivity index (χ2v) is 7.64. The highest BCUT2D eigenvalue weighted by molar-refractivity contribution is 7.89. The Kier molecular flexibility index (Phi) is 4.85.